The van der Waals surface area contributed by atoms with Crippen molar-refractivity contribution < 1.29 is 0 Å². The topological polar surface area (TPSA) is 0 Å². The number of rotatable bonds is 5. The highest BCUT2D eigenvalue weighted by Crippen LogP contribution is 2.72. The standard InChI is InChI=1S/C39H36S/c1-5-13-30(14-6-1)34-21-22-35(40-34)39-27-36(31-15-7-2-8-16-31)23-24-37(28-39,32-17-9-3-10-18-32)26-38(25-36,29-39)33-19-11-4-12-20-33/h1-22H,23-29H2. The van der Waals surface area contributed by atoms with E-state index in [1.54, 1.807) is 21.6 Å². The van der Waals surface area contributed by atoms with Crippen LogP contribution < -0.4 is 0 Å². The highest BCUT2D eigenvalue weighted by Gasteiger charge is 2.66. The average Bonchev–Trinajstić information content (AvgIpc) is 3.46. The second-order valence-electron chi connectivity index (χ2n) is 13.1. The Bertz CT molecular complexity index is 1560. The molecule has 2 atom stereocenters. The maximum atomic E-state index is 2.51. The molecule has 0 spiro atoms. The van der Waals surface area contributed by atoms with Crippen LogP contribution in [0, 0.1) is 0 Å². The van der Waals surface area contributed by atoms with E-state index in [9.17, 15) is 0 Å². The second-order valence-corrected chi connectivity index (χ2v) is 14.2. The third kappa shape index (κ3) is 3.71. The molecule has 1 heteroatoms. The van der Waals surface area contributed by atoms with Crippen molar-refractivity contribution in [2.45, 2.75) is 66.6 Å². The Morgan fingerprint density at radius 1 is 0.375 bits per heavy atom. The molecule has 2 unspecified atom stereocenters. The van der Waals surface area contributed by atoms with Crippen LogP contribution in [0.1, 0.15) is 66.5 Å². The van der Waals surface area contributed by atoms with Crippen LogP contribution in [0.15, 0.2) is 133 Å². The van der Waals surface area contributed by atoms with Gasteiger partial charge in [-0.05, 0) is 95.6 Å². The van der Waals surface area contributed by atoms with Gasteiger partial charge in [0.25, 0.3) is 0 Å². The van der Waals surface area contributed by atoms with Crippen LogP contribution in [0.3, 0.4) is 0 Å². The first-order valence-electron chi connectivity index (χ1n) is 15.0. The van der Waals surface area contributed by atoms with Gasteiger partial charge in [-0.2, -0.15) is 0 Å². The van der Waals surface area contributed by atoms with Crippen molar-refractivity contribution >= 4 is 11.3 Å². The van der Waals surface area contributed by atoms with Crippen LogP contribution in [0.2, 0.25) is 0 Å². The van der Waals surface area contributed by atoms with Crippen LogP contribution in [0.4, 0.5) is 0 Å². The maximum absolute atomic E-state index is 2.51. The Morgan fingerprint density at radius 3 is 1.27 bits per heavy atom. The van der Waals surface area contributed by atoms with Gasteiger partial charge in [0.15, 0.2) is 0 Å². The molecule has 0 saturated heterocycles. The number of hydrogen-bond donors (Lipinski definition) is 0. The summed E-state index contributed by atoms with van der Waals surface area (Å²) in [7, 11) is 0. The highest BCUT2D eigenvalue weighted by atomic mass is 32.1. The van der Waals surface area contributed by atoms with Gasteiger partial charge in [-0.1, -0.05) is 121 Å². The van der Waals surface area contributed by atoms with Crippen molar-refractivity contribution in [3.05, 3.63) is 155 Å². The highest BCUT2D eigenvalue weighted by molar-refractivity contribution is 7.15. The Hall–Kier alpha value is -3.42. The fourth-order valence-electron chi connectivity index (χ4n) is 9.59. The van der Waals surface area contributed by atoms with Crippen molar-refractivity contribution in [2.24, 2.45) is 0 Å². The fourth-order valence-corrected chi connectivity index (χ4v) is 10.8. The molecule has 4 aliphatic carbocycles. The summed E-state index contributed by atoms with van der Waals surface area (Å²) in [6.45, 7) is 0. The Kier molecular flexibility index (Phi) is 5.51. The third-order valence-corrected chi connectivity index (χ3v) is 12.2. The van der Waals surface area contributed by atoms with Gasteiger partial charge in [-0.25, -0.2) is 0 Å². The summed E-state index contributed by atoms with van der Waals surface area (Å²) in [4.78, 5) is 3.01. The van der Waals surface area contributed by atoms with Gasteiger partial charge in [0, 0.05) is 15.2 Å². The normalized spacial score (nSPS) is 30.7. The van der Waals surface area contributed by atoms with Crippen LogP contribution in [-0.4, -0.2) is 0 Å². The predicted molar refractivity (Wildman–Crippen MR) is 168 cm³/mol. The minimum atomic E-state index is 0.145. The maximum Gasteiger partial charge on any atom is 0.0345 e. The van der Waals surface area contributed by atoms with Gasteiger partial charge < -0.3 is 0 Å². The van der Waals surface area contributed by atoms with Crippen LogP contribution >= 0.6 is 11.3 Å². The van der Waals surface area contributed by atoms with Gasteiger partial charge in [-0.3, -0.25) is 0 Å². The molecule has 40 heavy (non-hydrogen) atoms. The van der Waals surface area contributed by atoms with E-state index in [2.05, 4.69) is 145 Å². The molecule has 198 valence electrons. The summed E-state index contributed by atoms with van der Waals surface area (Å²) < 4.78 is 0. The van der Waals surface area contributed by atoms with E-state index in [-0.39, 0.29) is 21.7 Å². The molecule has 0 aliphatic heterocycles. The summed E-state index contributed by atoms with van der Waals surface area (Å²) in [5.41, 5.74) is 6.67. The molecule has 4 fully saturated rings. The molecule has 0 nitrogen and oxygen atoms in total. The molecular formula is C39H36S. The first kappa shape index (κ1) is 24.4. The molecule has 1 aromatic heterocycles. The Morgan fingerprint density at radius 2 is 0.775 bits per heavy atom. The molecule has 9 rings (SSSR count). The number of fused-ring (bicyclic) bond motifs is 1. The zero-order valence-corrected chi connectivity index (χ0v) is 23.9. The third-order valence-electron chi connectivity index (χ3n) is 10.8. The van der Waals surface area contributed by atoms with E-state index in [0.717, 1.165) is 0 Å². The van der Waals surface area contributed by atoms with Crippen LogP contribution in [0.25, 0.3) is 10.4 Å². The Balaban J connectivity index is 1.38. The minimum Gasteiger partial charge on any atom is -0.140 e. The largest absolute Gasteiger partial charge is 0.140 e. The van der Waals surface area contributed by atoms with Crippen molar-refractivity contribution in [1.29, 1.82) is 0 Å². The number of hydrogen-bond acceptors (Lipinski definition) is 1. The molecule has 4 aliphatic rings. The van der Waals surface area contributed by atoms with Crippen LogP contribution in [-0.2, 0) is 21.7 Å². The lowest BCUT2D eigenvalue weighted by atomic mass is 9.42. The van der Waals surface area contributed by atoms with Crippen molar-refractivity contribution in [3.8, 4) is 10.4 Å². The van der Waals surface area contributed by atoms with Gasteiger partial charge in [0.1, 0.15) is 0 Å². The van der Waals surface area contributed by atoms with Crippen LogP contribution in [0.5, 0.6) is 0 Å². The smallest absolute Gasteiger partial charge is 0.0345 e. The number of benzene rings is 4. The van der Waals surface area contributed by atoms with E-state index in [0.29, 0.717) is 0 Å². The van der Waals surface area contributed by atoms with Crippen molar-refractivity contribution in [3.63, 3.8) is 0 Å². The first-order valence-corrected chi connectivity index (χ1v) is 15.8. The summed E-state index contributed by atoms with van der Waals surface area (Å²) in [5, 5.41) is 0. The molecule has 4 aromatic carbocycles. The van der Waals surface area contributed by atoms with Gasteiger partial charge in [0.2, 0.25) is 0 Å². The summed E-state index contributed by atoms with van der Waals surface area (Å²) in [6.07, 6.45) is 8.78. The molecule has 4 bridgehead atoms. The lowest BCUT2D eigenvalue weighted by Gasteiger charge is -2.61. The van der Waals surface area contributed by atoms with E-state index in [1.165, 1.54) is 55.4 Å². The molecule has 0 N–H and O–H groups in total. The summed E-state index contributed by atoms with van der Waals surface area (Å²) in [6, 6.07) is 50.8. The van der Waals surface area contributed by atoms with E-state index in [4.69, 9.17) is 0 Å². The number of thiophene rings is 1. The van der Waals surface area contributed by atoms with Gasteiger partial charge >= 0.3 is 0 Å². The monoisotopic (exact) mass is 536 g/mol. The van der Waals surface area contributed by atoms with Crippen molar-refractivity contribution in [2.75, 3.05) is 0 Å². The molecule has 4 saturated carbocycles. The van der Waals surface area contributed by atoms with Crippen molar-refractivity contribution in [1.82, 2.24) is 0 Å². The lowest BCUT2D eigenvalue weighted by molar-refractivity contribution is 0.0394. The quantitative estimate of drug-likeness (QED) is 0.210. The molecule has 5 aromatic rings. The predicted octanol–water partition coefficient (Wildman–Crippen LogP) is 10.2. The van der Waals surface area contributed by atoms with Gasteiger partial charge in [-0.15, -0.1) is 11.3 Å². The second kappa shape index (κ2) is 9.05. The fraction of sp³-hybridized carbons (Fsp3) is 0.282. The molecule has 0 amide bonds. The van der Waals surface area contributed by atoms with E-state index >= 15 is 0 Å². The lowest BCUT2D eigenvalue weighted by Crippen LogP contribution is -2.57. The zero-order chi connectivity index (χ0) is 26.7. The van der Waals surface area contributed by atoms with E-state index < -0.39 is 0 Å². The molecular weight excluding hydrogens is 500 g/mol. The first-order chi connectivity index (χ1) is 19.6. The summed E-state index contributed by atoms with van der Waals surface area (Å²) in [5.74, 6) is 0. The zero-order valence-electron chi connectivity index (χ0n) is 23.1. The molecule has 1 heterocycles. The summed E-state index contributed by atoms with van der Waals surface area (Å²) >= 11 is 2.07. The SMILES string of the molecule is c1ccc(-c2ccc(C34CC5(c6ccccc6)CCC(c6ccccc6)(CC(c6ccccc6)(C5)C3)C4)s2)cc1. The molecule has 0 radical (unpaired) electrons. The van der Waals surface area contributed by atoms with Gasteiger partial charge in [0.05, 0.1) is 0 Å². The minimum absolute atomic E-state index is 0.145. The Labute approximate surface area is 242 Å². The average molecular weight is 537 g/mol. The van der Waals surface area contributed by atoms with E-state index in [1.807, 2.05) is 0 Å².